The Balaban J connectivity index is 3.45. The van der Waals surface area contributed by atoms with Gasteiger partial charge in [0.25, 0.3) is 0 Å². The first-order chi connectivity index (χ1) is 7.24. The van der Waals surface area contributed by atoms with Gasteiger partial charge in [-0.15, -0.1) is 12.3 Å². The Kier molecular flexibility index (Phi) is 8.90. The smallest absolute Gasteiger partial charge is 0.220 e. The topological polar surface area (TPSA) is 55.1 Å². The summed E-state index contributed by atoms with van der Waals surface area (Å²) in [7, 11) is 0. The van der Waals surface area contributed by atoms with Crippen LogP contribution in [0.5, 0.6) is 0 Å². The van der Waals surface area contributed by atoms with Crippen LogP contribution in [0.4, 0.5) is 0 Å². The molecule has 3 nitrogen and oxygen atoms in total. The molecule has 0 saturated carbocycles. The van der Waals surface area contributed by atoms with E-state index in [2.05, 4.69) is 18.2 Å². The van der Waals surface area contributed by atoms with Crippen LogP contribution >= 0.6 is 0 Å². The van der Waals surface area contributed by atoms with E-state index in [9.17, 15) is 4.79 Å². The van der Waals surface area contributed by atoms with Gasteiger partial charge in [0.15, 0.2) is 0 Å². The average molecular weight is 210 g/mol. The maximum atomic E-state index is 11.4. The summed E-state index contributed by atoms with van der Waals surface area (Å²) in [5.74, 6) is 3.00. The van der Waals surface area contributed by atoms with Crippen LogP contribution in [0.2, 0.25) is 0 Å². The number of rotatable bonds is 8. The number of amides is 1. The van der Waals surface area contributed by atoms with E-state index in [4.69, 9.17) is 12.2 Å². The third-order valence-corrected chi connectivity index (χ3v) is 2.45. The number of terminal acetylenes is 1. The predicted molar refractivity (Wildman–Crippen MR) is 63.1 cm³/mol. The van der Waals surface area contributed by atoms with Crippen LogP contribution in [0.15, 0.2) is 0 Å². The first-order valence-corrected chi connectivity index (χ1v) is 5.64. The summed E-state index contributed by atoms with van der Waals surface area (Å²) >= 11 is 0. The maximum absolute atomic E-state index is 11.4. The molecule has 0 aromatic rings. The van der Waals surface area contributed by atoms with Gasteiger partial charge < -0.3 is 11.1 Å². The van der Waals surface area contributed by atoms with Gasteiger partial charge in [0.1, 0.15) is 0 Å². The highest BCUT2D eigenvalue weighted by Crippen LogP contribution is 2.05. The molecule has 0 aromatic carbocycles. The van der Waals surface area contributed by atoms with E-state index in [1.54, 1.807) is 0 Å². The molecule has 3 heteroatoms. The number of unbranched alkanes of at least 4 members (excludes halogenated alkanes) is 2. The van der Waals surface area contributed by atoms with Crippen molar-refractivity contribution in [2.24, 2.45) is 11.7 Å². The number of hydrogen-bond acceptors (Lipinski definition) is 2. The van der Waals surface area contributed by atoms with Crippen molar-refractivity contribution in [3.63, 3.8) is 0 Å². The van der Waals surface area contributed by atoms with Gasteiger partial charge in [-0.05, 0) is 25.3 Å². The third-order valence-electron chi connectivity index (χ3n) is 2.45. The molecule has 1 atom stereocenters. The average Bonchev–Trinajstić information content (AvgIpc) is 2.25. The Morgan fingerprint density at radius 3 is 2.80 bits per heavy atom. The summed E-state index contributed by atoms with van der Waals surface area (Å²) in [4.78, 5) is 11.4. The minimum Gasteiger partial charge on any atom is -0.356 e. The molecule has 86 valence electrons. The number of carbonyl (C=O) groups is 1. The predicted octanol–water partition coefficient (Wildman–Crippen LogP) is 1.28. The number of nitrogens with two attached hydrogens (primary N) is 1. The standard InChI is InChI=1S/C12H22N2O/c1-3-5-6-7-8-14-12(15)9-11(4-2)10-13/h1,11H,4-10,13H2,2H3,(H,14,15). The summed E-state index contributed by atoms with van der Waals surface area (Å²) in [5, 5.41) is 2.88. The number of nitrogens with one attached hydrogen (secondary N) is 1. The monoisotopic (exact) mass is 210 g/mol. The molecule has 0 bridgehead atoms. The van der Waals surface area contributed by atoms with E-state index < -0.39 is 0 Å². The minimum absolute atomic E-state index is 0.105. The van der Waals surface area contributed by atoms with Gasteiger partial charge in [-0.2, -0.15) is 0 Å². The van der Waals surface area contributed by atoms with E-state index in [-0.39, 0.29) is 5.91 Å². The van der Waals surface area contributed by atoms with Gasteiger partial charge in [0, 0.05) is 19.4 Å². The zero-order chi connectivity index (χ0) is 11.5. The fourth-order valence-electron chi connectivity index (χ4n) is 1.31. The van der Waals surface area contributed by atoms with Crippen molar-refractivity contribution in [3.8, 4) is 12.3 Å². The highest BCUT2D eigenvalue weighted by atomic mass is 16.1. The SMILES string of the molecule is C#CCCCCNC(=O)CC(CC)CN. The van der Waals surface area contributed by atoms with E-state index in [1.165, 1.54) is 0 Å². The van der Waals surface area contributed by atoms with Crippen LogP contribution in [0, 0.1) is 18.3 Å². The molecule has 0 rings (SSSR count). The van der Waals surface area contributed by atoms with Crippen molar-refractivity contribution >= 4 is 5.91 Å². The van der Waals surface area contributed by atoms with Crippen molar-refractivity contribution in [1.82, 2.24) is 5.32 Å². The van der Waals surface area contributed by atoms with E-state index in [0.717, 1.165) is 32.2 Å². The second-order valence-corrected chi connectivity index (χ2v) is 3.73. The van der Waals surface area contributed by atoms with Crippen molar-refractivity contribution in [2.45, 2.75) is 39.0 Å². The Labute approximate surface area is 92.8 Å². The lowest BCUT2D eigenvalue weighted by Gasteiger charge is -2.11. The molecule has 1 unspecified atom stereocenters. The van der Waals surface area contributed by atoms with Crippen LogP contribution < -0.4 is 11.1 Å². The molecule has 0 aliphatic heterocycles. The maximum Gasteiger partial charge on any atom is 0.220 e. The first-order valence-electron chi connectivity index (χ1n) is 5.64. The quantitative estimate of drug-likeness (QED) is 0.468. The highest BCUT2D eigenvalue weighted by Gasteiger charge is 2.09. The Bertz CT molecular complexity index is 204. The van der Waals surface area contributed by atoms with Crippen LogP contribution in [0.25, 0.3) is 0 Å². The Morgan fingerprint density at radius 2 is 2.27 bits per heavy atom. The van der Waals surface area contributed by atoms with Crippen molar-refractivity contribution in [1.29, 1.82) is 0 Å². The molecule has 0 heterocycles. The lowest BCUT2D eigenvalue weighted by Crippen LogP contribution is -2.28. The lowest BCUT2D eigenvalue weighted by molar-refractivity contribution is -0.121. The fourth-order valence-corrected chi connectivity index (χ4v) is 1.31. The summed E-state index contributed by atoms with van der Waals surface area (Å²) in [6.07, 6.45) is 9.34. The molecule has 0 spiro atoms. The second kappa shape index (κ2) is 9.54. The van der Waals surface area contributed by atoms with Crippen molar-refractivity contribution in [2.75, 3.05) is 13.1 Å². The summed E-state index contributed by atoms with van der Waals surface area (Å²) in [6, 6.07) is 0. The van der Waals surface area contributed by atoms with Crippen LogP contribution in [0.3, 0.4) is 0 Å². The largest absolute Gasteiger partial charge is 0.356 e. The minimum atomic E-state index is 0.105. The molecule has 0 fully saturated rings. The van der Waals surface area contributed by atoms with Gasteiger partial charge in [-0.1, -0.05) is 13.3 Å². The normalized spacial score (nSPS) is 11.8. The van der Waals surface area contributed by atoms with Gasteiger partial charge in [0.2, 0.25) is 5.91 Å². The van der Waals surface area contributed by atoms with E-state index in [1.807, 2.05) is 0 Å². The zero-order valence-corrected chi connectivity index (χ0v) is 9.59. The zero-order valence-electron chi connectivity index (χ0n) is 9.59. The van der Waals surface area contributed by atoms with Gasteiger partial charge in [-0.3, -0.25) is 4.79 Å². The second-order valence-electron chi connectivity index (χ2n) is 3.73. The van der Waals surface area contributed by atoms with Crippen molar-refractivity contribution < 1.29 is 4.79 Å². The molecule has 1 amide bonds. The summed E-state index contributed by atoms with van der Waals surface area (Å²) in [6.45, 7) is 3.36. The van der Waals surface area contributed by atoms with Crippen LogP contribution in [-0.2, 0) is 4.79 Å². The molecule has 0 aromatic heterocycles. The highest BCUT2D eigenvalue weighted by molar-refractivity contribution is 5.76. The molecule has 0 radical (unpaired) electrons. The summed E-state index contributed by atoms with van der Waals surface area (Å²) < 4.78 is 0. The van der Waals surface area contributed by atoms with Crippen LogP contribution in [0.1, 0.15) is 39.0 Å². The molecule has 0 saturated heterocycles. The number of hydrogen-bond donors (Lipinski definition) is 2. The molecule has 15 heavy (non-hydrogen) atoms. The number of carbonyl (C=O) groups excluding carboxylic acids is 1. The molecule has 3 N–H and O–H groups in total. The molecule has 0 aliphatic rings. The fraction of sp³-hybridized carbons (Fsp3) is 0.750. The van der Waals surface area contributed by atoms with E-state index in [0.29, 0.717) is 18.9 Å². The summed E-state index contributed by atoms with van der Waals surface area (Å²) in [5.41, 5.74) is 5.52. The Hall–Kier alpha value is -1.01. The third kappa shape index (κ3) is 8.02. The Morgan fingerprint density at radius 1 is 1.53 bits per heavy atom. The van der Waals surface area contributed by atoms with E-state index >= 15 is 0 Å². The first kappa shape index (κ1) is 14.0. The van der Waals surface area contributed by atoms with Gasteiger partial charge in [-0.25, -0.2) is 0 Å². The molecular weight excluding hydrogens is 188 g/mol. The lowest BCUT2D eigenvalue weighted by atomic mass is 10.0. The van der Waals surface area contributed by atoms with Gasteiger partial charge >= 0.3 is 0 Å². The van der Waals surface area contributed by atoms with Crippen molar-refractivity contribution in [3.05, 3.63) is 0 Å². The van der Waals surface area contributed by atoms with Gasteiger partial charge in [0.05, 0.1) is 0 Å². The van der Waals surface area contributed by atoms with Crippen LogP contribution in [-0.4, -0.2) is 19.0 Å². The molecule has 0 aliphatic carbocycles. The molecular formula is C12H22N2O.